The number of aliphatic carboxylic acids is 1. The summed E-state index contributed by atoms with van der Waals surface area (Å²) in [6.45, 7) is 4.05. The summed E-state index contributed by atoms with van der Waals surface area (Å²) >= 11 is 1.55. The van der Waals surface area contributed by atoms with Crippen LogP contribution in [0.3, 0.4) is 0 Å². The van der Waals surface area contributed by atoms with Crippen LogP contribution in [0.4, 0.5) is 0 Å². The van der Waals surface area contributed by atoms with Crippen LogP contribution in [0, 0.1) is 24.7 Å². The van der Waals surface area contributed by atoms with E-state index in [9.17, 15) is 15.0 Å². The molecule has 17 heavy (non-hydrogen) atoms. The van der Waals surface area contributed by atoms with E-state index in [2.05, 4.69) is 6.92 Å². The lowest BCUT2D eigenvalue weighted by Crippen LogP contribution is -2.23. The summed E-state index contributed by atoms with van der Waals surface area (Å²) in [6, 6.07) is 3.88. The van der Waals surface area contributed by atoms with E-state index in [1.54, 1.807) is 11.3 Å². The second-order valence-electron chi connectivity index (χ2n) is 5.08. The molecule has 1 saturated carbocycles. The molecule has 0 spiro atoms. The van der Waals surface area contributed by atoms with Crippen LogP contribution in [-0.2, 0) is 4.79 Å². The standard InChI is InChI=1S/C13H18O3S/c1-7-5-9(10(6-7)13(15)16)12(14)11-4-3-8(2)17-11/h3-4,7,9-10,12,14H,5-6H2,1-2H3,(H,15,16). The van der Waals surface area contributed by atoms with Gasteiger partial charge in [-0.3, -0.25) is 4.79 Å². The number of aliphatic hydroxyl groups excluding tert-OH is 1. The second-order valence-corrected chi connectivity index (χ2v) is 6.40. The first kappa shape index (κ1) is 12.6. The van der Waals surface area contributed by atoms with Gasteiger partial charge in [-0.05, 0) is 37.8 Å². The summed E-state index contributed by atoms with van der Waals surface area (Å²) in [7, 11) is 0. The van der Waals surface area contributed by atoms with E-state index in [0.29, 0.717) is 12.3 Å². The third-order valence-electron chi connectivity index (χ3n) is 3.62. The van der Waals surface area contributed by atoms with Gasteiger partial charge in [0, 0.05) is 15.7 Å². The third kappa shape index (κ3) is 2.53. The summed E-state index contributed by atoms with van der Waals surface area (Å²) in [5.41, 5.74) is 0. The van der Waals surface area contributed by atoms with Crippen molar-refractivity contribution in [2.75, 3.05) is 0 Å². The van der Waals surface area contributed by atoms with Gasteiger partial charge in [0.15, 0.2) is 0 Å². The minimum atomic E-state index is -0.772. The summed E-state index contributed by atoms with van der Waals surface area (Å²) in [5.74, 6) is -0.925. The lowest BCUT2D eigenvalue weighted by atomic mass is 9.90. The first-order chi connectivity index (χ1) is 7.99. The van der Waals surface area contributed by atoms with E-state index in [1.165, 1.54) is 0 Å². The van der Waals surface area contributed by atoms with Crippen molar-refractivity contribution in [2.24, 2.45) is 17.8 Å². The zero-order chi connectivity index (χ0) is 12.6. The number of hydrogen-bond acceptors (Lipinski definition) is 3. The van der Waals surface area contributed by atoms with Crippen LogP contribution in [0.15, 0.2) is 12.1 Å². The molecule has 4 unspecified atom stereocenters. The van der Waals surface area contributed by atoms with Crippen LogP contribution in [0.25, 0.3) is 0 Å². The smallest absolute Gasteiger partial charge is 0.306 e. The highest BCUT2D eigenvalue weighted by atomic mass is 32.1. The lowest BCUT2D eigenvalue weighted by molar-refractivity contribution is -0.144. The van der Waals surface area contributed by atoms with E-state index in [1.807, 2.05) is 19.1 Å². The minimum absolute atomic E-state index is 0.138. The molecule has 4 atom stereocenters. The fraction of sp³-hybridized carbons (Fsp3) is 0.615. The molecule has 0 aliphatic heterocycles. The van der Waals surface area contributed by atoms with Gasteiger partial charge in [-0.15, -0.1) is 11.3 Å². The number of aliphatic hydroxyl groups is 1. The Bertz CT molecular complexity index is 413. The van der Waals surface area contributed by atoms with Crippen molar-refractivity contribution in [3.63, 3.8) is 0 Å². The van der Waals surface area contributed by atoms with Gasteiger partial charge in [0.2, 0.25) is 0 Å². The topological polar surface area (TPSA) is 57.5 Å². The molecule has 0 aromatic carbocycles. The molecule has 1 aromatic heterocycles. The Morgan fingerprint density at radius 3 is 2.71 bits per heavy atom. The minimum Gasteiger partial charge on any atom is -0.481 e. The molecule has 4 heteroatoms. The van der Waals surface area contributed by atoms with Crippen molar-refractivity contribution >= 4 is 17.3 Å². The van der Waals surface area contributed by atoms with E-state index >= 15 is 0 Å². The third-order valence-corrected chi connectivity index (χ3v) is 4.69. The maximum absolute atomic E-state index is 11.2. The quantitative estimate of drug-likeness (QED) is 0.872. The van der Waals surface area contributed by atoms with Gasteiger partial charge in [-0.2, -0.15) is 0 Å². The molecule has 2 rings (SSSR count). The number of hydrogen-bond donors (Lipinski definition) is 2. The van der Waals surface area contributed by atoms with Crippen molar-refractivity contribution in [1.82, 2.24) is 0 Å². The Morgan fingerprint density at radius 2 is 2.18 bits per heavy atom. The number of rotatable bonds is 3. The first-order valence-electron chi connectivity index (χ1n) is 5.96. The van der Waals surface area contributed by atoms with Gasteiger partial charge < -0.3 is 10.2 Å². The Labute approximate surface area is 105 Å². The fourth-order valence-corrected chi connectivity index (χ4v) is 3.73. The number of carboxylic acid groups (broad SMARTS) is 1. The second kappa shape index (κ2) is 4.78. The van der Waals surface area contributed by atoms with E-state index in [4.69, 9.17) is 0 Å². The highest BCUT2D eigenvalue weighted by Gasteiger charge is 2.41. The van der Waals surface area contributed by atoms with E-state index in [0.717, 1.165) is 16.2 Å². The van der Waals surface area contributed by atoms with Gasteiger partial charge in [0.05, 0.1) is 12.0 Å². The number of carbonyl (C=O) groups is 1. The normalized spacial score (nSPS) is 30.4. The Kier molecular flexibility index (Phi) is 3.54. The van der Waals surface area contributed by atoms with Gasteiger partial charge in [0.1, 0.15) is 0 Å². The first-order valence-corrected chi connectivity index (χ1v) is 6.78. The van der Waals surface area contributed by atoms with Crippen LogP contribution in [-0.4, -0.2) is 16.2 Å². The highest BCUT2D eigenvalue weighted by Crippen LogP contribution is 2.44. The average Bonchev–Trinajstić information content (AvgIpc) is 2.83. The fourth-order valence-electron chi connectivity index (χ4n) is 2.79. The zero-order valence-corrected chi connectivity index (χ0v) is 10.9. The number of aryl methyl sites for hydroxylation is 1. The molecule has 0 saturated heterocycles. The molecule has 0 amide bonds. The van der Waals surface area contributed by atoms with Crippen molar-refractivity contribution < 1.29 is 15.0 Å². The summed E-state index contributed by atoms with van der Waals surface area (Å²) in [6.07, 6.45) is 0.857. The monoisotopic (exact) mass is 254 g/mol. The SMILES string of the molecule is Cc1ccc(C(O)C2CC(C)CC2C(=O)O)s1. The van der Waals surface area contributed by atoms with Crippen molar-refractivity contribution in [3.8, 4) is 0 Å². The maximum Gasteiger partial charge on any atom is 0.306 e. The summed E-state index contributed by atoms with van der Waals surface area (Å²) < 4.78 is 0. The van der Waals surface area contributed by atoms with E-state index < -0.39 is 18.0 Å². The predicted octanol–water partition coefficient (Wildman–Crippen LogP) is 2.84. The summed E-state index contributed by atoms with van der Waals surface area (Å²) in [5, 5.41) is 19.5. The van der Waals surface area contributed by atoms with Crippen LogP contribution >= 0.6 is 11.3 Å². The zero-order valence-electron chi connectivity index (χ0n) is 10.1. The molecule has 1 fully saturated rings. The van der Waals surface area contributed by atoms with Crippen molar-refractivity contribution in [3.05, 3.63) is 21.9 Å². The summed E-state index contributed by atoms with van der Waals surface area (Å²) in [4.78, 5) is 13.2. The molecular weight excluding hydrogens is 236 g/mol. The molecular formula is C13H18O3S. The molecule has 3 nitrogen and oxygen atoms in total. The number of carboxylic acids is 1. The maximum atomic E-state index is 11.2. The van der Waals surface area contributed by atoms with Crippen LogP contribution < -0.4 is 0 Å². The van der Waals surface area contributed by atoms with Crippen molar-refractivity contribution in [2.45, 2.75) is 32.8 Å². The average molecular weight is 254 g/mol. The predicted molar refractivity (Wildman–Crippen MR) is 67.0 cm³/mol. The lowest BCUT2D eigenvalue weighted by Gasteiger charge is -2.21. The van der Waals surface area contributed by atoms with Crippen molar-refractivity contribution in [1.29, 1.82) is 0 Å². The molecule has 0 bridgehead atoms. The molecule has 2 N–H and O–H groups in total. The molecule has 94 valence electrons. The highest BCUT2D eigenvalue weighted by molar-refractivity contribution is 7.12. The molecule has 1 aliphatic rings. The molecule has 1 aromatic rings. The van der Waals surface area contributed by atoms with Gasteiger partial charge in [-0.25, -0.2) is 0 Å². The van der Waals surface area contributed by atoms with Gasteiger partial charge >= 0.3 is 5.97 Å². The largest absolute Gasteiger partial charge is 0.481 e. The Balaban J connectivity index is 2.18. The van der Waals surface area contributed by atoms with Gasteiger partial charge in [-0.1, -0.05) is 6.92 Å². The number of thiophene rings is 1. The van der Waals surface area contributed by atoms with Crippen LogP contribution in [0.1, 0.15) is 35.6 Å². The van der Waals surface area contributed by atoms with E-state index in [-0.39, 0.29) is 5.92 Å². The Morgan fingerprint density at radius 1 is 1.47 bits per heavy atom. The van der Waals surface area contributed by atoms with Crippen LogP contribution in [0.2, 0.25) is 0 Å². The van der Waals surface area contributed by atoms with Crippen LogP contribution in [0.5, 0.6) is 0 Å². The molecule has 1 aliphatic carbocycles. The molecule has 0 radical (unpaired) electrons. The van der Waals surface area contributed by atoms with Gasteiger partial charge in [0.25, 0.3) is 0 Å². The molecule has 1 heterocycles. The Hall–Kier alpha value is -0.870.